The molecular formula is C19H22N4O3. The summed E-state index contributed by atoms with van der Waals surface area (Å²) in [6, 6.07) is 9.03. The van der Waals surface area contributed by atoms with E-state index < -0.39 is 0 Å². The highest BCUT2D eigenvalue weighted by atomic mass is 16.5. The smallest absolute Gasteiger partial charge is 0.253 e. The molecule has 0 aliphatic heterocycles. The lowest BCUT2D eigenvalue weighted by Gasteiger charge is -2.17. The van der Waals surface area contributed by atoms with Crippen molar-refractivity contribution >= 4 is 5.91 Å². The maximum absolute atomic E-state index is 12.6. The van der Waals surface area contributed by atoms with Gasteiger partial charge in [0.25, 0.3) is 5.91 Å². The van der Waals surface area contributed by atoms with E-state index in [0.29, 0.717) is 24.5 Å². The second-order valence-electron chi connectivity index (χ2n) is 6.22. The van der Waals surface area contributed by atoms with Gasteiger partial charge in [0.2, 0.25) is 0 Å². The molecular weight excluding hydrogens is 332 g/mol. The molecule has 3 aromatic rings. The molecule has 26 heavy (non-hydrogen) atoms. The van der Waals surface area contributed by atoms with Gasteiger partial charge in [-0.1, -0.05) is 5.16 Å². The Morgan fingerprint density at radius 2 is 1.96 bits per heavy atom. The first-order valence-electron chi connectivity index (χ1n) is 8.32. The van der Waals surface area contributed by atoms with E-state index in [1.165, 1.54) is 0 Å². The minimum absolute atomic E-state index is 0.0523. The van der Waals surface area contributed by atoms with Gasteiger partial charge < -0.3 is 14.2 Å². The Balaban J connectivity index is 1.61. The van der Waals surface area contributed by atoms with Gasteiger partial charge in [-0.2, -0.15) is 5.10 Å². The molecule has 7 heteroatoms. The number of ether oxygens (including phenoxy) is 1. The molecule has 0 saturated carbocycles. The summed E-state index contributed by atoms with van der Waals surface area (Å²) in [5, 5.41) is 8.03. The first-order chi connectivity index (χ1) is 12.5. The van der Waals surface area contributed by atoms with Crippen LogP contribution in [0.5, 0.6) is 5.75 Å². The van der Waals surface area contributed by atoms with Crippen LogP contribution in [0.1, 0.15) is 33.1 Å². The standard InChI is InChI=1S/C19H22N4O3/c1-13-18(14(2)26-21-13)12-25-17-7-5-15(6-8-17)19(24)22(3)11-16-9-10-20-23(16)4/h5-10H,11-12H2,1-4H3. The molecule has 0 N–H and O–H groups in total. The van der Waals surface area contributed by atoms with Gasteiger partial charge in [0.15, 0.2) is 0 Å². The lowest BCUT2D eigenvalue weighted by molar-refractivity contribution is 0.0782. The second kappa shape index (κ2) is 7.43. The quantitative estimate of drug-likeness (QED) is 0.680. The Bertz CT molecular complexity index is 876. The van der Waals surface area contributed by atoms with Crippen LogP contribution in [0.4, 0.5) is 0 Å². The molecule has 0 spiro atoms. The van der Waals surface area contributed by atoms with Crippen molar-refractivity contribution in [2.75, 3.05) is 7.05 Å². The van der Waals surface area contributed by atoms with E-state index >= 15 is 0 Å². The van der Waals surface area contributed by atoms with E-state index in [1.54, 1.807) is 47.1 Å². The van der Waals surface area contributed by atoms with Crippen molar-refractivity contribution in [1.29, 1.82) is 0 Å². The van der Waals surface area contributed by atoms with Crippen molar-refractivity contribution in [2.24, 2.45) is 7.05 Å². The summed E-state index contributed by atoms with van der Waals surface area (Å²) in [6.45, 7) is 4.63. The number of amides is 1. The van der Waals surface area contributed by atoms with Gasteiger partial charge >= 0.3 is 0 Å². The molecule has 0 unspecified atom stereocenters. The first-order valence-corrected chi connectivity index (χ1v) is 8.32. The minimum atomic E-state index is -0.0523. The zero-order chi connectivity index (χ0) is 18.7. The van der Waals surface area contributed by atoms with Crippen LogP contribution in [0.25, 0.3) is 0 Å². The number of carbonyl (C=O) groups is 1. The summed E-state index contributed by atoms with van der Waals surface area (Å²) in [7, 11) is 3.63. The number of aryl methyl sites for hydroxylation is 3. The van der Waals surface area contributed by atoms with Gasteiger partial charge in [-0.05, 0) is 44.2 Å². The van der Waals surface area contributed by atoms with E-state index in [1.807, 2.05) is 27.0 Å². The van der Waals surface area contributed by atoms with Gasteiger partial charge in [-0.3, -0.25) is 9.48 Å². The van der Waals surface area contributed by atoms with Crippen LogP contribution in [0.2, 0.25) is 0 Å². The molecule has 0 aliphatic rings. The molecule has 0 bridgehead atoms. The fraction of sp³-hybridized carbons (Fsp3) is 0.316. The predicted molar refractivity (Wildman–Crippen MR) is 95.8 cm³/mol. The molecule has 2 aromatic heterocycles. The highest BCUT2D eigenvalue weighted by molar-refractivity contribution is 5.94. The zero-order valence-electron chi connectivity index (χ0n) is 15.4. The van der Waals surface area contributed by atoms with Gasteiger partial charge in [0, 0.05) is 25.9 Å². The Kier molecular flexibility index (Phi) is 5.06. The van der Waals surface area contributed by atoms with Crippen molar-refractivity contribution < 1.29 is 14.1 Å². The molecule has 7 nitrogen and oxygen atoms in total. The summed E-state index contributed by atoms with van der Waals surface area (Å²) < 4.78 is 12.7. The van der Waals surface area contributed by atoms with Crippen LogP contribution in [0.3, 0.4) is 0 Å². The Hall–Kier alpha value is -3.09. The molecule has 3 rings (SSSR count). The van der Waals surface area contributed by atoms with Gasteiger partial charge in [-0.15, -0.1) is 0 Å². The molecule has 1 amide bonds. The molecule has 0 aliphatic carbocycles. The molecule has 0 fully saturated rings. The summed E-state index contributed by atoms with van der Waals surface area (Å²) in [5.74, 6) is 1.39. The van der Waals surface area contributed by atoms with E-state index in [-0.39, 0.29) is 5.91 Å². The zero-order valence-corrected chi connectivity index (χ0v) is 15.4. The maximum atomic E-state index is 12.6. The van der Waals surface area contributed by atoms with Gasteiger partial charge in [0.05, 0.1) is 23.5 Å². The van der Waals surface area contributed by atoms with Crippen LogP contribution in [-0.2, 0) is 20.2 Å². The average molecular weight is 354 g/mol. The van der Waals surface area contributed by atoms with Crippen molar-refractivity contribution in [1.82, 2.24) is 19.8 Å². The van der Waals surface area contributed by atoms with Crippen LogP contribution in [0, 0.1) is 13.8 Å². The second-order valence-corrected chi connectivity index (χ2v) is 6.22. The highest BCUT2D eigenvalue weighted by Gasteiger charge is 2.14. The lowest BCUT2D eigenvalue weighted by Crippen LogP contribution is -2.27. The Morgan fingerprint density at radius 1 is 1.23 bits per heavy atom. The number of nitrogens with zero attached hydrogens (tertiary/aromatic N) is 4. The average Bonchev–Trinajstić information content (AvgIpc) is 3.18. The van der Waals surface area contributed by atoms with Crippen molar-refractivity contribution in [3.05, 3.63) is 64.8 Å². The Labute approximate surface area is 152 Å². The number of hydrogen-bond donors (Lipinski definition) is 0. The lowest BCUT2D eigenvalue weighted by atomic mass is 10.2. The van der Waals surface area contributed by atoms with Gasteiger partial charge in [0.1, 0.15) is 18.1 Å². The van der Waals surface area contributed by atoms with Crippen LogP contribution in [-0.4, -0.2) is 32.8 Å². The molecule has 2 heterocycles. The maximum Gasteiger partial charge on any atom is 0.253 e. The van der Waals surface area contributed by atoms with Crippen LogP contribution >= 0.6 is 0 Å². The normalized spacial score (nSPS) is 10.8. The molecule has 0 radical (unpaired) electrons. The highest BCUT2D eigenvalue weighted by Crippen LogP contribution is 2.18. The third-order valence-corrected chi connectivity index (χ3v) is 4.33. The fourth-order valence-corrected chi connectivity index (χ4v) is 2.65. The molecule has 1 aromatic carbocycles. The summed E-state index contributed by atoms with van der Waals surface area (Å²) >= 11 is 0. The number of aromatic nitrogens is 3. The van der Waals surface area contributed by atoms with E-state index in [0.717, 1.165) is 22.7 Å². The van der Waals surface area contributed by atoms with E-state index in [9.17, 15) is 4.79 Å². The van der Waals surface area contributed by atoms with Crippen LogP contribution in [0.15, 0.2) is 41.1 Å². The summed E-state index contributed by atoms with van der Waals surface area (Å²) in [4.78, 5) is 14.2. The number of hydrogen-bond acceptors (Lipinski definition) is 5. The van der Waals surface area contributed by atoms with E-state index in [2.05, 4.69) is 10.3 Å². The van der Waals surface area contributed by atoms with E-state index in [4.69, 9.17) is 9.26 Å². The van der Waals surface area contributed by atoms with Crippen molar-refractivity contribution in [3.8, 4) is 5.75 Å². The van der Waals surface area contributed by atoms with Crippen molar-refractivity contribution in [3.63, 3.8) is 0 Å². The first kappa shape index (κ1) is 17.7. The Morgan fingerprint density at radius 3 is 2.54 bits per heavy atom. The third-order valence-electron chi connectivity index (χ3n) is 4.33. The SMILES string of the molecule is Cc1noc(C)c1COc1ccc(C(=O)N(C)Cc2ccnn2C)cc1. The minimum Gasteiger partial charge on any atom is -0.489 e. The van der Waals surface area contributed by atoms with Crippen LogP contribution < -0.4 is 4.74 Å². The number of carbonyl (C=O) groups excluding carboxylic acids is 1. The fourth-order valence-electron chi connectivity index (χ4n) is 2.65. The predicted octanol–water partition coefficient (Wildman–Crippen LogP) is 2.88. The molecule has 0 atom stereocenters. The summed E-state index contributed by atoms with van der Waals surface area (Å²) in [5.41, 5.74) is 3.35. The topological polar surface area (TPSA) is 73.4 Å². The number of rotatable bonds is 6. The van der Waals surface area contributed by atoms with Crippen molar-refractivity contribution in [2.45, 2.75) is 27.0 Å². The van der Waals surface area contributed by atoms with Gasteiger partial charge in [-0.25, -0.2) is 0 Å². The third kappa shape index (κ3) is 3.77. The largest absolute Gasteiger partial charge is 0.489 e. The summed E-state index contributed by atoms with van der Waals surface area (Å²) in [6.07, 6.45) is 1.72. The number of benzene rings is 1. The molecule has 0 saturated heterocycles. The monoisotopic (exact) mass is 354 g/mol. The molecule has 136 valence electrons.